The van der Waals surface area contributed by atoms with E-state index in [4.69, 9.17) is 23.2 Å². The van der Waals surface area contributed by atoms with Gasteiger partial charge in [-0.2, -0.15) is 0 Å². The average Bonchev–Trinajstić information content (AvgIpc) is 2.38. The second-order valence-electron chi connectivity index (χ2n) is 4.55. The Balaban J connectivity index is 2.08. The first-order valence-corrected chi connectivity index (χ1v) is 6.87. The Bertz CT molecular complexity index is 443. The number of carbonyl (C=O) groups is 1. The smallest absolute Gasteiger partial charge is 0.257 e. The minimum Gasteiger partial charge on any atom is -0.507 e. The maximum absolute atomic E-state index is 12.2. The third-order valence-electron chi connectivity index (χ3n) is 3.31. The molecule has 0 aromatic heterocycles. The second kappa shape index (κ2) is 5.81. The predicted molar refractivity (Wildman–Crippen MR) is 72.5 cm³/mol. The lowest BCUT2D eigenvalue weighted by Crippen LogP contribution is -2.38. The van der Waals surface area contributed by atoms with Crippen LogP contribution < -0.4 is 0 Å². The van der Waals surface area contributed by atoms with Crippen LogP contribution in [0.25, 0.3) is 0 Å². The number of alkyl halides is 1. The van der Waals surface area contributed by atoms with Crippen LogP contribution in [-0.4, -0.2) is 34.9 Å². The molecule has 2 rings (SSSR count). The predicted octanol–water partition coefficient (Wildman–Crippen LogP) is 3.14. The van der Waals surface area contributed by atoms with Gasteiger partial charge in [-0.15, -0.1) is 11.6 Å². The molecule has 1 aliphatic heterocycles. The zero-order valence-electron chi connectivity index (χ0n) is 9.90. The molecule has 1 fully saturated rings. The van der Waals surface area contributed by atoms with Crippen LogP contribution in [0.3, 0.4) is 0 Å². The van der Waals surface area contributed by atoms with Gasteiger partial charge >= 0.3 is 0 Å². The Labute approximate surface area is 116 Å². The summed E-state index contributed by atoms with van der Waals surface area (Å²) >= 11 is 11.6. The molecule has 1 aliphatic rings. The molecule has 1 heterocycles. The first-order valence-electron chi connectivity index (χ1n) is 5.95. The van der Waals surface area contributed by atoms with E-state index in [0.29, 0.717) is 35.5 Å². The zero-order valence-corrected chi connectivity index (χ0v) is 11.4. The Hall–Kier alpha value is -0.930. The Morgan fingerprint density at radius 3 is 2.61 bits per heavy atom. The number of amides is 1. The lowest BCUT2D eigenvalue weighted by molar-refractivity contribution is 0.0695. The van der Waals surface area contributed by atoms with Crippen molar-refractivity contribution >= 4 is 29.1 Å². The maximum atomic E-state index is 12.2. The van der Waals surface area contributed by atoms with E-state index in [0.717, 1.165) is 12.8 Å². The van der Waals surface area contributed by atoms with Gasteiger partial charge in [-0.25, -0.2) is 0 Å². The number of hydrogen-bond acceptors (Lipinski definition) is 2. The highest BCUT2D eigenvalue weighted by molar-refractivity contribution is 6.30. The molecule has 1 aromatic carbocycles. The highest BCUT2D eigenvalue weighted by atomic mass is 35.5. The SMILES string of the molecule is O=C(c1ccc(Cl)cc1O)N1CCC(CCl)CC1. The van der Waals surface area contributed by atoms with Crippen molar-refractivity contribution in [1.29, 1.82) is 0 Å². The number of rotatable bonds is 2. The minimum absolute atomic E-state index is 0.0630. The number of phenols is 1. The standard InChI is InChI=1S/C13H15Cl2NO2/c14-8-9-3-5-16(6-4-9)13(18)11-2-1-10(15)7-12(11)17/h1-2,7,9,17H,3-6,8H2. The highest BCUT2D eigenvalue weighted by Crippen LogP contribution is 2.25. The van der Waals surface area contributed by atoms with Crippen molar-refractivity contribution in [2.45, 2.75) is 12.8 Å². The van der Waals surface area contributed by atoms with Gasteiger partial charge in [0.05, 0.1) is 5.56 Å². The van der Waals surface area contributed by atoms with Crippen molar-refractivity contribution in [2.24, 2.45) is 5.92 Å². The molecule has 0 radical (unpaired) electrons. The fraction of sp³-hybridized carbons (Fsp3) is 0.462. The number of nitrogens with zero attached hydrogens (tertiary/aromatic N) is 1. The molecule has 1 amide bonds. The van der Waals surface area contributed by atoms with Crippen molar-refractivity contribution in [1.82, 2.24) is 4.90 Å². The van der Waals surface area contributed by atoms with Gasteiger partial charge in [-0.05, 0) is 37.0 Å². The zero-order chi connectivity index (χ0) is 13.1. The van der Waals surface area contributed by atoms with E-state index in [1.807, 2.05) is 0 Å². The largest absolute Gasteiger partial charge is 0.507 e. The second-order valence-corrected chi connectivity index (χ2v) is 5.30. The monoisotopic (exact) mass is 287 g/mol. The molecule has 0 bridgehead atoms. The molecular formula is C13H15Cl2NO2. The molecule has 98 valence electrons. The fourth-order valence-electron chi connectivity index (χ4n) is 2.15. The summed E-state index contributed by atoms with van der Waals surface area (Å²) in [7, 11) is 0. The number of aromatic hydroxyl groups is 1. The van der Waals surface area contributed by atoms with E-state index in [-0.39, 0.29) is 11.7 Å². The number of phenolic OH excluding ortho intramolecular Hbond substituents is 1. The third kappa shape index (κ3) is 2.90. The maximum Gasteiger partial charge on any atom is 0.257 e. The Morgan fingerprint density at radius 1 is 1.39 bits per heavy atom. The molecule has 1 N–H and O–H groups in total. The molecule has 1 aromatic rings. The van der Waals surface area contributed by atoms with Crippen LogP contribution in [0.5, 0.6) is 5.75 Å². The molecule has 0 atom stereocenters. The summed E-state index contributed by atoms with van der Waals surface area (Å²) in [4.78, 5) is 14.0. The first kappa shape index (κ1) is 13.5. The molecule has 1 saturated heterocycles. The molecule has 0 saturated carbocycles. The van der Waals surface area contributed by atoms with Crippen LogP contribution in [0.1, 0.15) is 23.2 Å². The van der Waals surface area contributed by atoms with E-state index >= 15 is 0 Å². The Kier molecular flexibility index (Phi) is 4.36. The van der Waals surface area contributed by atoms with Gasteiger partial charge in [0, 0.05) is 24.0 Å². The summed E-state index contributed by atoms with van der Waals surface area (Å²) in [5, 5.41) is 10.2. The van der Waals surface area contributed by atoms with E-state index in [9.17, 15) is 9.90 Å². The van der Waals surface area contributed by atoms with Crippen LogP contribution in [0.4, 0.5) is 0 Å². The summed E-state index contributed by atoms with van der Waals surface area (Å²) in [6.45, 7) is 1.39. The van der Waals surface area contributed by atoms with Gasteiger partial charge in [0.1, 0.15) is 5.75 Å². The van der Waals surface area contributed by atoms with E-state index in [1.54, 1.807) is 17.0 Å². The summed E-state index contributed by atoms with van der Waals surface area (Å²) < 4.78 is 0. The Morgan fingerprint density at radius 2 is 2.06 bits per heavy atom. The normalized spacial score (nSPS) is 16.9. The first-order chi connectivity index (χ1) is 8.61. The van der Waals surface area contributed by atoms with Crippen LogP contribution in [-0.2, 0) is 0 Å². The van der Waals surface area contributed by atoms with E-state index in [1.165, 1.54) is 6.07 Å². The molecule has 0 spiro atoms. The van der Waals surface area contributed by atoms with Gasteiger partial charge in [0.25, 0.3) is 5.91 Å². The highest BCUT2D eigenvalue weighted by Gasteiger charge is 2.24. The topological polar surface area (TPSA) is 40.5 Å². The summed E-state index contributed by atoms with van der Waals surface area (Å²) in [5.74, 6) is 0.938. The molecule has 18 heavy (non-hydrogen) atoms. The molecular weight excluding hydrogens is 273 g/mol. The van der Waals surface area contributed by atoms with Crippen LogP contribution in [0.15, 0.2) is 18.2 Å². The summed E-state index contributed by atoms with van der Waals surface area (Å²) in [5.41, 5.74) is 0.309. The number of piperidine rings is 1. The van der Waals surface area contributed by atoms with E-state index in [2.05, 4.69) is 0 Å². The van der Waals surface area contributed by atoms with Gasteiger partial charge in [0.15, 0.2) is 0 Å². The lowest BCUT2D eigenvalue weighted by Gasteiger charge is -2.31. The van der Waals surface area contributed by atoms with Gasteiger partial charge < -0.3 is 10.0 Å². The molecule has 3 nitrogen and oxygen atoms in total. The summed E-state index contributed by atoms with van der Waals surface area (Å²) in [6, 6.07) is 4.56. The average molecular weight is 288 g/mol. The summed E-state index contributed by atoms with van der Waals surface area (Å²) in [6.07, 6.45) is 1.84. The minimum atomic E-state index is -0.141. The van der Waals surface area contributed by atoms with Gasteiger partial charge in [0.2, 0.25) is 0 Å². The molecule has 5 heteroatoms. The number of hydrogen-bond donors (Lipinski definition) is 1. The third-order valence-corrected chi connectivity index (χ3v) is 3.98. The van der Waals surface area contributed by atoms with Crippen molar-refractivity contribution in [3.63, 3.8) is 0 Å². The quantitative estimate of drug-likeness (QED) is 0.849. The number of likely N-dealkylation sites (tertiary alicyclic amines) is 1. The number of benzene rings is 1. The van der Waals surface area contributed by atoms with E-state index < -0.39 is 0 Å². The van der Waals surface area contributed by atoms with Crippen molar-refractivity contribution < 1.29 is 9.90 Å². The fourth-order valence-corrected chi connectivity index (χ4v) is 2.62. The molecule has 0 aliphatic carbocycles. The van der Waals surface area contributed by atoms with Crippen LogP contribution in [0.2, 0.25) is 5.02 Å². The lowest BCUT2D eigenvalue weighted by atomic mass is 9.98. The molecule has 0 unspecified atom stereocenters. The van der Waals surface area contributed by atoms with Gasteiger partial charge in [-0.3, -0.25) is 4.79 Å². The van der Waals surface area contributed by atoms with Crippen LogP contribution >= 0.6 is 23.2 Å². The van der Waals surface area contributed by atoms with Crippen LogP contribution in [0, 0.1) is 5.92 Å². The number of carbonyl (C=O) groups excluding carboxylic acids is 1. The van der Waals surface area contributed by atoms with Crippen molar-refractivity contribution in [2.75, 3.05) is 19.0 Å². The van der Waals surface area contributed by atoms with Crippen molar-refractivity contribution in [3.8, 4) is 5.75 Å². The van der Waals surface area contributed by atoms with Crippen molar-refractivity contribution in [3.05, 3.63) is 28.8 Å². The number of halogens is 2. The van der Waals surface area contributed by atoms with Gasteiger partial charge in [-0.1, -0.05) is 11.6 Å².